The number of anilines is 1. The van der Waals surface area contributed by atoms with Crippen LogP contribution in [0.25, 0.3) is 22.3 Å². The van der Waals surface area contributed by atoms with Gasteiger partial charge in [0.1, 0.15) is 10.4 Å². The number of benzene rings is 1. The van der Waals surface area contributed by atoms with E-state index in [1.807, 2.05) is 0 Å². The molecule has 0 atom stereocenters. The first-order chi connectivity index (χ1) is 16.0. The fraction of sp³-hybridized carbons (Fsp3) is 0.417. The summed E-state index contributed by atoms with van der Waals surface area (Å²) >= 11 is 12.2. The molecular formula is C24H28Cl2N4O3S. The fourth-order valence-corrected chi connectivity index (χ4v) is 5.81. The highest BCUT2D eigenvalue weighted by molar-refractivity contribution is 7.90. The van der Waals surface area contributed by atoms with Crippen LogP contribution in [0, 0.1) is 5.92 Å². The molecule has 1 aliphatic rings. The minimum Gasteiger partial charge on any atom is -0.505 e. The third-order valence-electron chi connectivity index (χ3n) is 6.21. The van der Waals surface area contributed by atoms with Crippen LogP contribution in [0.15, 0.2) is 35.4 Å². The Morgan fingerprint density at radius 3 is 2.35 bits per heavy atom. The summed E-state index contributed by atoms with van der Waals surface area (Å²) in [4.78, 5) is 11.4. The topological polar surface area (TPSA) is 95.4 Å². The lowest BCUT2D eigenvalue weighted by Crippen LogP contribution is -2.31. The summed E-state index contributed by atoms with van der Waals surface area (Å²) < 4.78 is 25.2. The zero-order valence-electron chi connectivity index (χ0n) is 19.3. The van der Waals surface area contributed by atoms with Crippen LogP contribution in [0.2, 0.25) is 10.0 Å². The average molecular weight is 523 g/mol. The van der Waals surface area contributed by atoms with Gasteiger partial charge in [0.25, 0.3) is 0 Å². The van der Waals surface area contributed by atoms with Gasteiger partial charge in [-0.05, 0) is 70.0 Å². The van der Waals surface area contributed by atoms with Gasteiger partial charge in [0, 0.05) is 30.6 Å². The molecule has 1 saturated carbocycles. The summed E-state index contributed by atoms with van der Waals surface area (Å²) in [7, 11) is 0.628. The molecular weight excluding hydrogens is 495 g/mol. The Hall–Kier alpha value is -2.13. The summed E-state index contributed by atoms with van der Waals surface area (Å²) in [5, 5.41) is 13.6. The van der Waals surface area contributed by atoms with Crippen LogP contribution in [0.4, 0.5) is 5.69 Å². The van der Waals surface area contributed by atoms with Crippen molar-refractivity contribution >= 4 is 49.8 Å². The highest BCUT2D eigenvalue weighted by Gasteiger charge is 2.25. The van der Waals surface area contributed by atoms with Crippen molar-refractivity contribution in [2.45, 2.75) is 36.6 Å². The Bertz CT molecular complexity index is 1300. The van der Waals surface area contributed by atoms with Crippen molar-refractivity contribution < 1.29 is 13.5 Å². The predicted octanol–water partition coefficient (Wildman–Crippen LogP) is 5.25. The third kappa shape index (κ3) is 5.40. The molecule has 182 valence electrons. The predicted molar refractivity (Wildman–Crippen MR) is 138 cm³/mol. The van der Waals surface area contributed by atoms with E-state index >= 15 is 0 Å². The molecule has 34 heavy (non-hydrogen) atoms. The van der Waals surface area contributed by atoms with Crippen LogP contribution in [0.5, 0.6) is 5.75 Å². The normalized spacial score (nSPS) is 19.0. The maximum atomic E-state index is 12.6. The van der Waals surface area contributed by atoms with Gasteiger partial charge in [-0.15, -0.1) is 0 Å². The molecule has 0 radical (unpaired) electrons. The van der Waals surface area contributed by atoms with Gasteiger partial charge in [0.15, 0.2) is 15.6 Å². The van der Waals surface area contributed by atoms with Crippen molar-refractivity contribution in [3.63, 3.8) is 0 Å². The minimum absolute atomic E-state index is 0.111. The van der Waals surface area contributed by atoms with Gasteiger partial charge < -0.3 is 15.3 Å². The van der Waals surface area contributed by atoms with Crippen LogP contribution >= 0.6 is 23.2 Å². The van der Waals surface area contributed by atoms with Gasteiger partial charge in [-0.25, -0.2) is 13.4 Å². The van der Waals surface area contributed by atoms with Gasteiger partial charge >= 0.3 is 0 Å². The third-order valence-corrected chi connectivity index (χ3v) is 7.89. The second-order valence-electron chi connectivity index (χ2n) is 9.25. The lowest BCUT2D eigenvalue weighted by atomic mass is 9.85. The van der Waals surface area contributed by atoms with E-state index in [-0.39, 0.29) is 26.7 Å². The highest BCUT2D eigenvalue weighted by Crippen LogP contribution is 2.38. The smallest absolute Gasteiger partial charge is 0.179 e. The molecule has 2 heterocycles. The molecule has 2 N–H and O–H groups in total. The van der Waals surface area contributed by atoms with Gasteiger partial charge in [0.2, 0.25) is 0 Å². The number of aromatic nitrogens is 2. The van der Waals surface area contributed by atoms with Gasteiger partial charge in [0.05, 0.1) is 26.9 Å². The standard InChI is InChI=1S/C24H28Cl2N4O3S/c1-30(2)13-14-4-6-16(7-5-14)28-23-21(34(3,32)33)12-27-20-9-8-19(29-22(20)23)15-10-17(25)24(31)18(26)11-15/h8-12,14,16,31H,4-7,13H2,1-3H3,(H,27,28)/t14-,16-. The largest absolute Gasteiger partial charge is 0.505 e. The van der Waals surface area contributed by atoms with Crippen LogP contribution in [0.1, 0.15) is 25.7 Å². The summed E-state index contributed by atoms with van der Waals surface area (Å²) in [5.41, 5.74) is 2.67. The molecule has 10 heteroatoms. The van der Waals surface area contributed by atoms with Crippen LogP contribution in [-0.4, -0.2) is 61.3 Å². The number of fused-ring (bicyclic) bond motifs is 1. The SMILES string of the molecule is CN(C)C[C@H]1CC[C@H](Nc2c(S(C)(=O)=O)cnc3ccc(-c4cc(Cl)c(O)c(Cl)c4)nc23)CC1. The lowest BCUT2D eigenvalue weighted by molar-refractivity contribution is 0.255. The Kier molecular flexibility index (Phi) is 7.24. The molecule has 3 aromatic rings. The zero-order chi connectivity index (χ0) is 24.6. The van der Waals surface area contributed by atoms with E-state index in [1.54, 1.807) is 24.3 Å². The summed E-state index contributed by atoms with van der Waals surface area (Å²) in [6.07, 6.45) is 6.64. The molecule has 0 unspecified atom stereocenters. The quantitative estimate of drug-likeness (QED) is 0.456. The first-order valence-electron chi connectivity index (χ1n) is 11.1. The minimum atomic E-state index is -3.55. The molecule has 0 spiro atoms. The molecule has 2 aromatic heterocycles. The highest BCUT2D eigenvalue weighted by atomic mass is 35.5. The summed E-state index contributed by atoms with van der Waals surface area (Å²) in [6, 6.07) is 6.85. The number of pyridine rings is 2. The maximum Gasteiger partial charge on any atom is 0.179 e. The number of hydrogen-bond acceptors (Lipinski definition) is 7. The van der Waals surface area contributed by atoms with E-state index < -0.39 is 9.84 Å². The van der Waals surface area contributed by atoms with E-state index in [4.69, 9.17) is 28.2 Å². The number of nitrogens with one attached hydrogen (secondary N) is 1. The van der Waals surface area contributed by atoms with Gasteiger partial charge in [-0.3, -0.25) is 4.98 Å². The van der Waals surface area contributed by atoms with Crippen molar-refractivity contribution in [2.24, 2.45) is 5.92 Å². The Labute approximate surface area is 210 Å². The lowest BCUT2D eigenvalue weighted by Gasteiger charge is -2.31. The number of rotatable bonds is 6. The molecule has 1 aromatic carbocycles. The number of halogens is 2. The Balaban J connectivity index is 1.75. The molecule has 1 aliphatic carbocycles. The number of phenolic OH excluding ortho intramolecular Hbond substituents is 1. The molecule has 0 amide bonds. The number of nitrogens with zero attached hydrogens (tertiary/aromatic N) is 3. The second-order valence-corrected chi connectivity index (χ2v) is 12.0. The van der Waals surface area contributed by atoms with Crippen LogP contribution in [0.3, 0.4) is 0 Å². The summed E-state index contributed by atoms with van der Waals surface area (Å²) in [6.45, 7) is 1.06. The van der Waals surface area contributed by atoms with Crippen molar-refractivity contribution in [1.29, 1.82) is 0 Å². The van der Waals surface area contributed by atoms with E-state index in [1.165, 1.54) is 12.5 Å². The number of phenols is 1. The van der Waals surface area contributed by atoms with Gasteiger partial charge in [-0.1, -0.05) is 23.2 Å². The number of hydrogen-bond donors (Lipinski definition) is 2. The van der Waals surface area contributed by atoms with E-state index in [0.29, 0.717) is 33.9 Å². The molecule has 0 saturated heterocycles. The zero-order valence-corrected chi connectivity index (χ0v) is 21.7. The Morgan fingerprint density at radius 2 is 1.76 bits per heavy atom. The maximum absolute atomic E-state index is 12.6. The van der Waals surface area contributed by atoms with Crippen molar-refractivity contribution in [3.8, 4) is 17.0 Å². The van der Waals surface area contributed by atoms with E-state index in [0.717, 1.165) is 32.2 Å². The number of sulfone groups is 1. The second kappa shape index (κ2) is 9.85. The molecule has 0 aliphatic heterocycles. The van der Waals surface area contributed by atoms with E-state index in [2.05, 4.69) is 29.3 Å². The first-order valence-corrected chi connectivity index (χ1v) is 13.8. The monoisotopic (exact) mass is 522 g/mol. The first kappa shape index (κ1) is 25.0. The average Bonchev–Trinajstić information content (AvgIpc) is 2.77. The summed E-state index contributed by atoms with van der Waals surface area (Å²) in [5.74, 6) is 0.450. The Morgan fingerprint density at radius 1 is 1.12 bits per heavy atom. The molecule has 0 bridgehead atoms. The van der Waals surface area contributed by atoms with Gasteiger partial charge in [-0.2, -0.15) is 0 Å². The number of aromatic hydroxyl groups is 1. The molecule has 4 rings (SSSR count). The molecule has 1 fully saturated rings. The van der Waals surface area contributed by atoms with Crippen molar-refractivity contribution in [2.75, 3.05) is 32.2 Å². The van der Waals surface area contributed by atoms with Crippen molar-refractivity contribution in [1.82, 2.24) is 14.9 Å². The molecule has 7 nitrogen and oxygen atoms in total. The van der Waals surface area contributed by atoms with E-state index in [9.17, 15) is 13.5 Å². The van der Waals surface area contributed by atoms with Crippen LogP contribution in [-0.2, 0) is 9.84 Å². The fourth-order valence-electron chi connectivity index (χ4n) is 4.55. The van der Waals surface area contributed by atoms with Crippen LogP contribution < -0.4 is 5.32 Å². The van der Waals surface area contributed by atoms with Crippen molar-refractivity contribution in [3.05, 3.63) is 40.5 Å².